The summed E-state index contributed by atoms with van der Waals surface area (Å²) in [6.07, 6.45) is -0.628. The van der Waals surface area contributed by atoms with E-state index in [1.807, 2.05) is 0 Å². The number of ether oxygens (including phenoxy) is 1. The minimum atomic E-state index is -0.628. The van der Waals surface area contributed by atoms with Gasteiger partial charge in [-0.25, -0.2) is 4.79 Å². The van der Waals surface area contributed by atoms with Crippen molar-refractivity contribution in [2.24, 2.45) is 0 Å². The van der Waals surface area contributed by atoms with Crippen molar-refractivity contribution in [3.8, 4) is 10.4 Å². The number of nitrogens with one attached hydrogen (secondary N) is 1. The number of benzene rings is 1. The predicted molar refractivity (Wildman–Crippen MR) is 78.6 cm³/mol. The molecule has 0 atom stereocenters. The average molecular weight is 338 g/mol. The SMILES string of the molecule is COC(=O)Nc1c(Cl)nsc1-c1cc(Cl)cc(Cl)c1. The second-order valence-corrected chi connectivity index (χ2v) is 5.46. The maximum atomic E-state index is 11.3. The highest BCUT2D eigenvalue weighted by Gasteiger charge is 2.17. The smallest absolute Gasteiger partial charge is 0.411 e. The third-order valence-corrected chi connectivity index (χ3v) is 3.89. The lowest BCUT2D eigenvalue weighted by Crippen LogP contribution is -2.11. The van der Waals surface area contributed by atoms with E-state index in [2.05, 4.69) is 14.4 Å². The largest absolute Gasteiger partial charge is 0.453 e. The first-order valence-corrected chi connectivity index (χ1v) is 6.88. The van der Waals surface area contributed by atoms with Crippen LogP contribution >= 0.6 is 46.3 Å². The Morgan fingerprint density at radius 3 is 2.47 bits per heavy atom. The molecule has 0 saturated carbocycles. The van der Waals surface area contributed by atoms with Crippen molar-refractivity contribution < 1.29 is 9.53 Å². The number of carbonyl (C=O) groups is 1. The van der Waals surface area contributed by atoms with E-state index in [0.717, 1.165) is 11.5 Å². The van der Waals surface area contributed by atoms with Gasteiger partial charge >= 0.3 is 6.09 Å². The molecule has 1 amide bonds. The monoisotopic (exact) mass is 336 g/mol. The number of rotatable bonds is 2. The number of methoxy groups -OCH3 is 1. The molecule has 2 aromatic rings. The molecule has 0 aliphatic carbocycles. The van der Waals surface area contributed by atoms with Crippen LogP contribution in [0.4, 0.5) is 10.5 Å². The number of halogens is 3. The summed E-state index contributed by atoms with van der Waals surface area (Å²) >= 11 is 19.0. The number of amides is 1. The quantitative estimate of drug-likeness (QED) is 0.843. The summed E-state index contributed by atoms with van der Waals surface area (Å²) in [5.74, 6) is 0. The van der Waals surface area contributed by atoms with Gasteiger partial charge in [-0.05, 0) is 35.3 Å². The number of aromatic nitrogens is 1. The first-order valence-electron chi connectivity index (χ1n) is 4.98. The van der Waals surface area contributed by atoms with E-state index in [1.165, 1.54) is 7.11 Å². The summed E-state index contributed by atoms with van der Waals surface area (Å²) in [5, 5.41) is 3.66. The minimum absolute atomic E-state index is 0.182. The van der Waals surface area contributed by atoms with Crippen molar-refractivity contribution in [1.82, 2.24) is 4.37 Å². The number of nitrogens with zero attached hydrogens (tertiary/aromatic N) is 1. The molecule has 0 saturated heterocycles. The van der Waals surface area contributed by atoms with E-state index in [9.17, 15) is 4.79 Å². The van der Waals surface area contributed by atoms with Gasteiger partial charge in [-0.15, -0.1) is 0 Å². The summed E-state index contributed by atoms with van der Waals surface area (Å²) in [4.78, 5) is 11.9. The number of anilines is 1. The van der Waals surface area contributed by atoms with Crippen LogP contribution in [0.2, 0.25) is 15.2 Å². The molecule has 8 heteroatoms. The lowest BCUT2D eigenvalue weighted by molar-refractivity contribution is 0.187. The Morgan fingerprint density at radius 1 is 1.26 bits per heavy atom. The lowest BCUT2D eigenvalue weighted by atomic mass is 10.2. The van der Waals surface area contributed by atoms with Gasteiger partial charge in [-0.2, -0.15) is 4.37 Å². The summed E-state index contributed by atoms with van der Waals surface area (Å²) in [6, 6.07) is 5.03. The molecule has 0 radical (unpaired) electrons. The number of carbonyl (C=O) groups excluding carboxylic acids is 1. The number of hydrogen-bond donors (Lipinski definition) is 1. The fourth-order valence-electron chi connectivity index (χ4n) is 1.41. The molecule has 1 N–H and O–H groups in total. The first kappa shape index (κ1) is 14.4. The summed E-state index contributed by atoms with van der Waals surface area (Å²) in [6.45, 7) is 0. The number of hydrogen-bond acceptors (Lipinski definition) is 4. The van der Waals surface area contributed by atoms with E-state index in [0.29, 0.717) is 26.2 Å². The topological polar surface area (TPSA) is 51.2 Å². The average Bonchev–Trinajstić information content (AvgIpc) is 2.70. The molecule has 2 rings (SSSR count). The summed E-state index contributed by atoms with van der Waals surface area (Å²) in [7, 11) is 1.26. The highest BCUT2D eigenvalue weighted by molar-refractivity contribution is 7.10. The maximum Gasteiger partial charge on any atom is 0.411 e. The Balaban J connectivity index is 2.47. The van der Waals surface area contributed by atoms with Gasteiger partial charge in [-0.1, -0.05) is 34.8 Å². The zero-order chi connectivity index (χ0) is 14.0. The Labute approximate surface area is 128 Å². The molecule has 1 heterocycles. The second-order valence-electron chi connectivity index (χ2n) is 3.45. The highest BCUT2D eigenvalue weighted by atomic mass is 35.5. The van der Waals surface area contributed by atoms with Crippen LogP contribution in [0.1, 0.15) is 0 Å². The van der Waals surface area contributed by atoms with E-state index < -0.39 is 6.09 Å². The second kappa shape index (κ2) is 5.96. The van der Waals surface area contributed by atoms with Gasteiger partial charge in [0.15, 0.2) is 5.15 Å². The molecule has 0 spiro atoms. The lowest BCUT2D eigenvalue weighted by Gasteiger charge is -2.06. The third-order valence-electron chi connectivity index (χ3n) is 2.19. The van der Waals surface area contributed by atoms with Crippen LogP contribution in [0.5, 0.6) is 0 Å². The molecular weight excluding hydrogens is 331 g/mol. The van der Waals surface area contributed by atoms with Crippen LogP contribution in [-0.2, 0) is 4.74 Å². The molecule has 100 valence electrons. The molecule has 0 fully saturated rings. The van der Waals surface area contributed by atoms with Crippen LogP contribution in [0.15, 0.2) is 18.2 Å². The molecule has 1 aromatic heterocycles. The van der Waals surface area contributed by atoms with Crippen molar-refractivity contribution in [2.45, 2.75) is 0 Å². The van der Waals surface area contributed by atoms with Crippen LogP contribution in [0, 0.1) is 0 Å². The fraction of sp³-hybridized carbons (Fsp3) is 0.0909. The van der Waals surface area contributed by atoms with Crippen molar-refractivity contribution in [3.05, 3.63) is 33.4 Å². The minimum Gasteiger partial charge on any atom is -0.453 e. The standard InChI is InChI=1S/C11H7Cl3N2O2S/c1-18-11(17)15-8-9(19-16-10(8)14)5-2-6(12)4-7(13)3-5/h2-4H,1H3,(H,15,17). The normalized spacial score (nSPS) is 10.3. The van der Waals surface area contributed by atoms with Gasteiger partial charge < -0.3 is 4.74 Å². The Bertz CT molecular complexity index is 610. The zero-order valence-electron chi connectivity index (χ0n) is 9.54. The molecule has 1 aromatic carbocycles. The Hall–Kier alpha value is -1.01. The molecular formula is C11H7Cl3N2O2S. The van der Waals surface area contributed by atoms with Crippen molar-refractivity contribution in [2.75, 3.05) is 12.4 Å². The summed E-state index contributed by atoms with van der Waals surface area (Å²) < 4.78 is 8.52. The van der Waals surface area contributed by atoms with Gasteiger partial charge in [0.2, 0.25) is 0 Å². The summed E-state index contributed by atoms with van der Waals surface area (Å²) in [5.41, 5.74) is 1.09. The molecule has 0 bridgehead atoms. The van der Waals surface area contributed by atoms with Crippen LogP contribution < -0.4 is 5.32 Å². The van der Waals surface area contributed by atoms with Crippen LogP contribution in [0.25, 0.3) is 10.4 Å². The van der Waals surface area contributed by atoms with E-state index in [4.69, 9.17) is 34.8 Å². The van der Waals surface area contributed by atoms with Crippen molar-refractivity contribution >= 4 is 58.1 Å². The van der Waals surface area contributed by atoms with Gasteiger partial charge in [0.1, 0.15) is 5.69 Å². The highest BCUT2D eigenvalue weighted by Crippen LogP contribution is 2.39. The third kappa shape index (κ3) is 3.30. The van der Waals surface area contributed by atoms with Gasteiger partial charge in [0, 0.05) is 10.0 Å². The van der Waals surface area contributed by atoms with Crippen molar-refractivity contribution in [1.29, 1.82) is 0 Å². The molecule has 0 aliphatic rings. The first-order chi connectivity index (χ1) is 9.01. The predicted octanol–water partition coefficient (Wildman–Crippen LogP) is 4.95. The van der Waals surface area contributed by atoms with E-state index in [-0.39, 0.29) is 5.15 Å². The van der Waals surface area contributed by atoms with Crippen molar-refractivity contribution in [3.63, 3.8) is 0 Å². The van der Waals surface area contributed by atoms with Crippen LogP contribution in [-0.4, -0.2) is 17.6 Å². The van der Waals surface area contributed by atoms with Gasteiger partial charge in [-0.3, -0.25) is 5.32 Å². The molecule has 0 unspecified atom stereocenters. The van der Waals surface area contributed by atoms with Gasteiger partial charge in [0.25, 0.3) is 0 Å². The van der Waals surface area contributed by atoms with E-state index >= 15 is 0 Å². The van der Waals surface area contributed by atoms with E-state index in [1.54, 1.807) is 18.2 Å². The fourth-order valence-corrected chi connectivity index (χ4v) is 2.97. The Morgan fingerprint density at radius 2 is 1.89 bits per heavy atom. The zero-order valence-corrected chi connectivity index (χ0v) is 12.6. The molecule has 4 nitrogen and oxygen atoms in total. The van der Waals surface area contributed by atoms with Gasteiger partial charge in [0.05, 0.1) is 12.0 Å². The Kier molecular flexibility index (Phi) is 4.52. The van der Waals surface area contributed by atoms with Crippen LogP contribution in [0.3, 0.4) is 0 Å². The molecule has 0 aliphatic heterocycles. The molecule has 19 heavy (non-hydrogen) atoms. The maximum absolute atomic E-state index is 11.3.